The maximum Gasteiger partial charge on any atom is 0.224 e. The van der Waals surface area contributed by atoms with Crippen LogP contribution in [0.1, 0.15) is 28.9 Å². The molecule has 1 N–H and O–H groups in total. The number of rotatable bonds is 6. The molecule has 0 radical (unpaired) electrons. The maximum atomic E-state index is 12.0. The van der Waals surface area contributed by atoms with Crippen molar-refractivity contribution in [3.05, 3.63) is 34.0 Å². The van der Waals surface area contributed by atoms with Crippen LogP contribution in [-0.2, 0) is 30.6 Å². The van der Waals surface area contributed by atoms with E-state index in [2.05, 4.69) is 15.4 Å². The smallest absolute Gasteiger partial charge is 0.224 e. The molecule has 1 aliphatic carbocycles. The summed E-state index contributed by atoms with van der Waals surface area (Å²) in [5.74, 6) is 0.000739. The lowest BCUT2D eigenvalue weighted by atomic mass is 10.1. The Morgan fingerprint density at radius 3 is 3.19 bits per heavy atom. The fourth-order valence-corrected chi connectivity index (χ4v) is 3.75. The van der Waals surface area contributed by atoms with Crippen LogP contribution in [0.4, 0.5) is 0 Å². The number of thiazole rings is 1. The molecular formula is C15H20N4OS. The number of carbonyl (C=O) groups is 1. The Labute approximate surface area is 128 Å². The minimum Gasteiger partial charge on any atom is -0.355 e. The van der Waals surface area contributed by atoms with Crippen LogP contribution in [0.25, 0.3) is 0 Å². The number of amides is 1. The van der Waals surface area contributed by atoms with E-state index >= 15 is 0 Å². The van der Waals surface area contributed by atoms with Crippen LogP contribution < -0.4 is 5.32 Å². The van der Waals surface area contributed by atoms with Gasteiger partial charge in [-0.05, 0) is 25.3 Å². The molecule has 0 bridgehead atoms. The maximum absolute atomic E-state index is 12.0. The minimum absolute atomic E-state index is 0.0776. The standard InChI is InChI=1S/C15H20N4OS/c1-11(10-19-9-3-7-17-19)15(20)16-8-6-14-18-12-4-2-5-13(12)21-14/h3,7,9,11H,2,4-6,8,10H2,1H3,(H,16,20)/t11-/m1/s1. The van der Waals surface area contributed by atoms with E-state index in [0.717, 1.165) is 17.8 Å². The Balaban J connectivity index is 1.42. The van der Waals surface area contributed by atoms with Crippen LogP contribution in [0, 0.1) is 5.92 Å². The van der Waals surface area contributed by atoms with Crippen molar-refractivity contribution in [3.8, 4) is 0 Å². The Bertz CT molecular complexity index is 584. The number of hydrogen-bond acceptors (Lipinski definition) is 4. The van der Waals surface area contributed by atoms with Crippen molar-refractivity contribution in [1.29, 1.82) is 0 Å². The lowest BCUT2D eigenvalue weighted by Crippen LogP contribution is -2.33. The van der Waals surface area contributed by atoms with E-state index in [9.17, 15) is 4.79 Å². The van der Waals surface area contributed by atoms with Crippen LogP contribution in [0.3, 0.4) is 0 Å². The molecule has 1 amide bonds. The van der Waals surface area contributed by atoms with Gasteiger partial charge in [0.25, 0.3) is 0 Å². The highest BCUT2D eigenvalue weighted by Crippen LogP contribution is 2.27. The lowest BCUT2D eigenvalue weighted by molar-refractivity contribution is -0.124. The second-order valence-corrected chi connectivity index (χ2v) is 6.67. The van der Waals surface area contributed by atoms with Gasteiger partial charge in [0.15, 0.2) is 0 Å². The number of hydrogen-bond donors (Lipinski definition) is 1. The zero-order valence-corrected chi connectivity index (χ0v) is 13.0. The van der Waals surface area contributed by atoms with E-state index in [-0.39, 0.29) is 11.8 Å². The van der Waals surface area contributed by atoms with Crippen LogP contribution in [-0.4, -0.2) is 27.2 Å². The van der Waals surface area contributed by atoms with Gasteiger partial charge in [-0.1, -0.05) is 6.92 Å². The number of fused-ring (bicyclic) bond motifs is 1. The molecule has 0 aliphatic heterocycles. The van der Waals surface area contributed by atoms with Gasteiger partial charge in [-0.3, -0.25) is 9.48 Å². The molecule has 5 nitrogen and oxygen atoms in total. The first-order valence-electron chi connectivity index (χ1n) is 7.45. The van der Waals surface area contributed by atoms with Gasteiger partial charge in [0.1, 0.15) is 0 Å². The normalized spacial score (nSPS) is 14.9. The monoisotopic (exact) mass is 304 g/mol. The summed E-state index contributed by atoms with van der Waals surface area (Å²) in [6, 6.07) is 1.87. The zero-order valence-electron chi connectivity index (χ0n) is 12.2. The molecule has 21 heavy (non-hydrogen) atoms. The van der Waals surface area contributed by atoms with Crippen LogP contribution in [0.5, 0.6) is 0 Å². The first-order chi connectivity index (χ1) is 10.2. The van der Waals surface area contributed by atoms with Gasteiger partial charge in [-0.2, -0.15) is 5.10 Å². The first-order valence-corrected chi connectivity index (χ1v) is 8.26. The molecule has 0 unspecified atom stereocenters. The molecule has 3 rings (SSSR count). The Morgan fingerprint density at radius 2 is 2.43 bits per heavy atom. The molecule has 0 saturated carbocycles. The predicted octanol–water partition coefficient (Wildman–Crippen LogP) is 1.82. The van der Waals surface area contributed by atoms with Gasteiger partial charge in [0.05, 0.1) is 23.2 Å². The van der Waals surface area contributed by atoms with Gasteiger partial charge < -0.3 is 5.32 Å². The van der Waals surface area contributed by atoms with Crippen LogP contribution in [0.2, 0.25) is 0 Å². The number of nitrogens with one attached hydrogen (secondary N) is 1. The molecule has 0 aromatic carbocycles. The summed E-state index contributed by atoms with van der Waals surface area (Å²) in [5, 5.41) is 8.27. The highest BCUT2D eigenvalue weighted by atomic mass is 32.1. The lowest BCUT2D eigenvalue weighted by Gasteiger charge is -2.11. The van der Waals surface area contributed by atoms with Crippen molar-refractivity contribution in [3.63, 3.8) is 0 Å². The highest BCUT2D eigenvalue weighted by molar-refractivity contribution is 7.11. The average Bonchev–Trinajstić information content (AvgIpc) is 3.14. The van der Waals surface area contributed by atoms with Gasteiger partial charge in [0.2, 0.25) is 5.91 Å². The van der Waals surface area contributed by atoms with Crippen molar-refractivity contribution in [1.82, 2.24) is 20.1 Å². The molecule has 2 aromatic rings. The van der Waals surface area contributed by atoms with Gasteiger partial charge in [-0.25, -0.2) is 4.98 Å². The molecule has 112 valence electrons. The van der Waals surface area contributed by atoms with Crippen LogP contribution in [0.15, 0.2) is 18.5 Å². The molecule has 1 atom stereocenters. The van der Waals surface area contributed by atoms with Crippen molar-refractivity contribution in [2.75, 3.05) is 6.54 Å². The number of aryl methyl sites for hydroxylation is 2. The molecule has 0 spiro atoms. The summed E-state index contributed by atoms with van der Waals surface area (Å²) >= 11 is 1.81. The SMILES string of the molecule is C[C@H](Cn1cccn1)C(=O)NCCc1nc2c(s1)CCC2. The third-order valence-electron chi connectivity index (χ3n) is 3.75. The van der Waals surface area contributed by atoms with Crippen molar-refractivity contribution < 1.29 is 4.79 Å². The third kappa shape index (κ3) is 3.50. The average molecular weight is 304 g/mol. The van der Waals surface area contributed by atoms with Gasteiger partial charge >= 0.3 is 0 Å². The predicted molar refractivity (Wildman–Crippen MR) is 82.2 cm³/mol. The van der Waals surface area contributed by atoms with E-state index < -0.39 is 0 Å². The third-order valence-corrected chi connectivity index (χ3v) is 4.96. The van der Waals surface area contributed by atoms with Gasteiger partial charge in [0, 0.05) is 30.2 Å². The quantitative estimate of drug-likeness (QED) is 0.885. The fraction of sp³-hybridized carbons (Fsp3) is 0.533. The van der Waals surface area contributed by atoms with E-state index in [4.69, 9.17) is 0 Å². The minimum atomic E-state index is -0.0776. The molecule has 1 aliphatic rings. The molecule has 6 heteroatoms. The van der Waals surface area contributed by atoms with E-state index in [0.29, 0.717) is 13.1 Å². The molecule has 2 heterocycles. The topological polar surface area (TPSA) is 59.8 Å². The Morgan fingerprint density at radius 1 is 1.52 bits per heavy atom. The Kier molecular flexibility index (Phi) is 4.34. The number of nitrogens with zero attached hydrogens (tertiary/aromatic N) is 3. The van der Waals surface area contributed by atoms with E-state index in [1.165, 1.54) is 23.4 Å². The van der Waals surface area contributed by atoms with Gasteiger partial charge in [-0.15, -0.1) is 11.3 Å². The highest BCUT2D eigenvalue weighted by Gasteiger charge is 2.17. The molecular weight excluding hydrogens is 284 g/mol. The molecule has 0 saturated heterocycles. The summed E-state index contributed by atoms with van der Waals surface area (Å²) in [6.07, 6.45) is 7.99. The number of aromatic nitrogens is 3. The van der Waals surface area contributed by atoms with E-state index in [1.54, 1.807) is 10.9 Å². The number of carbonyl (C=O) groups excluding carboxylic acids is 1. The summed E-state index contributed by atoms with van der Waals surface area (Å²) in [7, 11) is 0. The van der Waals surface area contributed by atoms with Crippen molar-refractivity contribution >= 4 is 17.2 Å². The fourth-order valence-electron chi connectivity index (χ4n) is 2.59. The molecule has 0 fully saturated rings. The van der Waals surface area contributed by atoms with Crippen LogP contribution >= 0.6 is 11.3 Å². The van der Waals surface area contributed by atoms with E-state index in [1.807, 2.05) is 30.5 Å². The van der Waals surface area contributed by atoms with Crippen molar-refractivity contribution in [2.24, 2.45) is 5.92 Å². The largest absolute Gasteiger partial charge is 0.355 e. The molecule has 2 aromatic heterocycles. The summed E-state index contributed by atoms with van der Waals surface area (Å²) in [5.41, 5.74) is 1.29. The van der Waals surface area contributed by atoms with Crippen molar-refractivity contribution in [2.45, 2.75) is 39.2 Å². The first kappa shape index (κ1) is 14.3. The second-order valence-electron chi connectivity index (χ2n) is 5.50. The summed E-state index contributed by atoms with van der Waals surface area (Å²) < 4.78 is 1.79. The summed E-state index contributed by atoms with van der Waals surface area (Å²) in [6.45, 7) is 3.20. The Hall–Kier alpha value is -1.69. The second kappa shape index (κ2) is 6.39. The summed E-state index contributed by atoms with van der Waals surface area (Å²) in [4.78, 5) is 18.1. The zero-order chi connectivity index (χ0) is 14.7.